The molecule has 8 nitrogen and oxygen atoms in total. The number of anilines is 2. The van der Waals surface area contributed by atoms with E-state index < -0.39 is 41.2 Å². The van der Waals surface area contributed by atoms with Crippen molar-refractivity contribution >= 4 is 35.1 Å². The van der Waals surface area contributed by atoms with Crippen LogP contribution < -0.4 is 10.2 Å². The van der Waals surface area contributed by atoms with Crippen molar-refractivity contribution in [3.05, 3.63) is 81.6 Å². The van der Waals surface area contributed by atoms with Gasteiger partial charge in [0.25, 0.3) is 5.91 Å². The zero-order valence-electron chi connectivity index (χ0n) is 22.2. The van der Waals surface area contributed by atoms with Crippen LogP contribution in [0.3, 0.4) is 0 Å². The van der Waals surface area contributed by atoms with Crippen LogP contribution in [0, 0.1) is 17.6 Å². The van der Waals surface area contributed by atoms with E-state index in [1.54, 1.807) is 32.0 Å². The predicted molar refractivity (Wildman–Crippen MR) is 146 cm³/mol. The quantitative estimate of drug-likeness (QED) is 0.445. The number of nitrogens with zero attached hydrogens (tertiary/aromatic N) is 4. The smallest absolute Gasteiger partial charge is 0.261 e. The maximum absolute atomic E-state index is 16.4. The summed E-state index contributed by atoms with van der Waals surface area (Å²) in [5.41, 5.74) is -0.871. The Kier molecular flexibility index (Phi) is 6.69. The van der Waals surface area contributed by atoms with Crippen LogP contribution in [0.5, 0.6) is 0 Å². The molecule has 3 aromatic rings. The van der Waals surface area contributed by atoms with E-state index in [1.165, 1.54) is 34.3 Å². The molecule has 2 aromatic heterocycles. The molecular formula is C29H27ClF3N5O3. The molecule has 4 atom stereocenters. The van der Waals surface area contributed by atoms with Crippen molar-refractivity contribution < 1.29 is 27.9 Å². The molecule has 41 heavy (non-hydrogen) atoms. The fourth-order valence-corrected chi connectivity index (χ4v) is 5.81. The number of halogens is 4. The summed E-state index contributed by atoms with van der Waals surface area (Å²) in [6, 6.07) is 7.32. The maximum Gasteiger partial charge on any atom is 0.261 e. The second-order valence-electron chi connectivity index (χ2n) is 11.1. The lowest BCUT2D eigenvalue weighted by atomic mass is 9.71. The highest BCUT2D eigenvalue weighted by molar-refractivity contribution is 6.30. The lowest BCUT2D eigenvalue weighted by Gasteiger charge is -2.43. The second-order valence-corrected chi connectivity index (χ2v) is 11.5. The van der Waals surface area contributed by atoms with E-state index in [4.69, 9.17) is 11.6 Å². The van der Waals surface area contributed by atoms with Crippen LogP contribution in [0.1, 0.15) is 53.4 Å². The van der Waals surface area contributed by atoms with Crippen LogP contribution in [0.4, 0.5) is 24.8 Å². The van der Waals surface area contributed by atoms with Crippen LogP contribution >= 0.6 is 11.6 Å². The number of alkyl halides is 1. The first-order chi connectivity index (χ1) is 19.5. The van der Waals surface area contributed by atoms with Gasteiger partial charge in [0.15, 0.2) is 11.6 Å². The third kappa shape index (κ3) is 4.61. The molecule has 1 aliphatic carbocycles. The molecule has 6 rings (SSSR count). The number of carbonyl (C=O) groups is 2. The first kappa shape index (κ1) is 27.5. The molecule has 214 valence electrons. The van der Waals surface area contributed by atoms with Gasteiger partial charge in [0.2, 0.25) is 5.91 Å². The molecule has 3 aliphatic rings. The maximum atomic E-state index is 16.4. The summed E-state index contributed by atoms with van der Waals surface area (Å²) in [6.07, 6.45) is 1.06. The molecule has 4 heterocycles. The highest BCUT2D eigenvalue weighted by atomic mass is 35.5. The van der Waals surface area contributed by atoms with Gasteiger partial charge in [-0.2, -0.15) is 0 Å². The first-order valence-electron chi connectivity index (χ1n) is 13.3. The van der Waals surface area contributed by atoms with Crippen molar-refractivity contribution in [1.82, 2.24) is 14.9 Å². The zero-order chi connectivity index (χ0) is 29.2. The van der Waals surface area contributed by atoms with Crippen molar-refractivity contribution in [2.24, 2.45) is 5.92 Å². The Labute approximate surface area is 239 Å². The Balaban J connectivity index is 1.37. The number of aliphatic hydroxyl groups excluding tert-OH is 1. The lowest BCUT2D eigenvalue weighted by Crippen LogP contribution is -2.58. The van der Waals surface area contributed by atoms with Crippen molar-refractivity contribution in [2.45, 2.75) is 44.0 Å². The molecule has 2 aliphatic heterocycles. The summed E-state index contributed by atoms with van der Waals surface area (Å²) in [5, 5.41) is 12.7. The number of pyridine rings is 2. The van der Waals surface area contributed by atoms with E-state index in [2.05, 4.69) is 15.3 Å². The van der Waals surface area contributed by atoms with Gasteiger partial charge in [-0.3, -0.25) is 14.5 Å². The number of benzene rings is 1. The van der Waals surface area contributed by atoms with Gasteiger partial charge >= 0.3 is 0 Å². The molecule has 12 heteroatoms. The molecule has 1 aromatic carbocycles. The highest BCUT2D eigenvalue weighted by Gasteiger charge is 2.49. The van der Waals surface area contributed by atoms with Crippen molar-refractivity contribution in [3.63, 3.8) is 0 Å². The minimum Gasteiger partial charge on any atom is -0.389 e. The van der Waals surface area contributed by atoms with E-state index in [1.807, 2.05) is 0 Å². The number of amides is 2. The third-order valence-electron chi connectivity index (χ3n) is 8.16. The van der Waals surface area contributed by atoms with Crippen LogP contribution in [0.15, 0.2) is 42.7 Å². The molecule has 0 radical (unpaired) electrons. The SMILES string of the molecule is C[C@H](O)c1ccc(N2C[C@](C)(c3cccc(Cl)c3F)c3c(cnc(NC4CN(C(=O)[C@@H]5C[C@@H]5F)C4)c3F)C2=O)nc1. The minimum absolute atomic E-state index is 0.0384. The molecule has 2 amide bonds. The average molecular weight is 586 g/mol. The Morgan fingerprint density at radius 2 is 1.90 bits per heavy atom. The van der Waals surface area contributed by atoms with Crippen LogP contribution in [-0.4, -0.2) is 63.6 Å². The Bertz CT molecular complexity index is 1550. The number of hydrogen-bond acceptors (Lipinski definition) is 6. The summed E-state index contributed by atoms with van der Waals surface area (Å²) in [6.45, 7) is 3.59. The Morgan fingerprint density at radius 1 is 1.17 bits per heavy atom. The van der Waals surface area contributed by atoms with E-state index >= 15 is 8.78 Å². The molecule has 0 spiro atoms. The van der Waals surface area contributed by atoms with E-state index in [9.17, 15) is 19.1 Å². The summed E-state index contributed by atoms with van der Waals surface area (Å²) in [5.74, 6) is -2.85. The Morgan fingerprint density at radius 3 is 2.54 bits per heavy atom. The summed E-state index contributed by atoms with van der Waals surface area (Å²) in [4.78, 5) is 37.3. The largest absolute Gasteiger partial charge is 0.389 e. The van der Waals surface area contributed by atoms with Gasteiger partial charge in [0, 0.05) is 48.6 Å². The molecule has 0 unspecified atom stereocenters. The summed E-state index contributed by atoms with van der Waals surface area (Å²) >= 11 is 6.13. The fraction of sp³-hybridized carbons (Fsp3) is 0.379. The summed E-state index contributed by atoms with van der Waals surface area (Å²) < 4.78 is 45.2. The van der Waals surface area contributed by atoms with Crippen molar-refractivity contribution in [2.75, 3.05) is 29.9 Å². The minimum atomic E-state index is -1.41. The van der Waals surface area contributed by atoms with Gasteiger partial charge in [-0.25, -0.2) is 23.1 Å². The van der Waals surface area contributed by atoms with Gasteiger partial charge in [0.05, 0.1) is 28.6 Å². The summed E-state index contributed by atoms with van der Waals surface area (Å²) in [7, 11) is 0. The molecular weight excluding hydrogens is 559 g/mol. The number of aliphatic hydroxyl groups is 1. The average Bonchev–Trinajstić information content (AvgIpc) is 3.66. The fourth-order valence-electron chi connectivity index (χ4n) is 5.64. The molecule has 1 saturated heterocycles. The van der Waals surface area contributed by atoms with Crippen molar-refractivity contribution in [3.8, 4) is 0 Å². The highest BCUT2D eigenvalue weighted by Crippen LogP contribution is 2.45. The monoisotopic (exact) mass is 585 g/mol. The van der Waals surface area contributed by atoms with Gasteiger partial charge in [-0.15, -0.1) is 0 Å². The van der Waals surface area contributed by atoms with Gasteiger partial charge in [0.1, 0.15) is 17.8 Å². The number of nitrogens with one attached hydrogen (secondary N) is 1. The first-order valence-corrected chi connectivity index (χ1v) is 13.7. The molecule has 2 N–H and O–H groups in total. The molecule has 2 fully saturated rings. The normalized spacial score (nSPS) is 24.5. The Hall–Kier alpha value is -3.70. The zero-order valence-corrected chi connectivity index (χ0v) is 23.0. The van der Waals surface area contributed by atoms with Gasteiger partial charge in [-0.05, 0) is 38.0 Å². The molecule has 0 bridgehead atoms. The number of rotatable bonds is 6. The van der Waals surface area contributed by atoms with Crippen LogP contribution in [-0.2, 0) is 10.2 Å². The van der Waals surface area contributed by atoms with E-state index in [-0.39, 0.29) is 71.4 Å². The number of fused-ring (bicyclic) bond motifs is 1. The predicted octanol–water partition coefficient (Wildman–Crippen LogP) is 4.41. The van der Waals surface area contributed by atoms with Crippen LogP contribution in [0.25, 0.3) is 0 Å². The lowest BCUT2D eigenvalue weighted by molar-refractivity contribution is -0.136. The van der Waals surface area contributed by atoms with Crippen molar-refractivity contribution in [1.29, 1.82) is 0 Å². The topological polar surface area (TPSA) is 98.7 Å². The number of carbonyl (C=O) groups excluding carboxylic acids is 2. The third-order valence-corrected chi connectivity index (χ3v) is 8.45. The van der Waals surface area contributed by atoms with E-state index in [0.29, 0.717) is 5.56 Å². The van der Waals surface area contributed by atoms with Crippen LogP contribution in [0.2, 0.25) is 5.02 Å². The number of aromatic nitrogens is 2. The number of likely N-dealkylation sites (tertiary alicyclic amines) is 1. The number of hydrogen-bond donors (Lipinski definition) is 2. The van der Waals surface area contributed by atoms with E-state index in [0.717, 1.165) is 0 Å². The standard InChI is InChI=1S/C29H27ClF3N5O3/c1-14(39)15-6-7-22(34-9-15)38-13-29(2,19-4-3-5-20(30)24(19)32)23-18(28(38)41)10-35-26(25(23)33)36-16-11-37(12-16)27(40)17-8-21(17)31/h3-7,9-10,14,16-17,21,39H,8,11-13H2,1-2H3,(H,35,36)/t14-,17+,21-,29+/m0/s1. The molecule has 1 saturated carbocycles. The van der Waals surface area contributed by atoms with Gasteiger partial charge in [-0.1, -0.05) is 29.8 Å². The second kappa shape index (κ2) is 9.99. The van der Waals surface area contributed by atoms with Gasteiger partial charge < -0.3 is 15.3 Å².